The van der Waals surface area contributed by atoms with E-state index < -0.39 is 10.0 Å². The van der Waals surface area contributed by atoms with Crippen LogP contribution in [0.25, 0.3) is 0 Å². The molecular formula is C22H34N3O3S+. The minimum atomic E-state index is -3.44. The predicted octanol–water partition coefficient (Wildman–Crippen LogP) is 1.07. The van der Waals surface area contributed by atoms with Gasteiger partial charge in [-0.1, -0.05) is 30.5 Å². The topological polar surface area (TPSA) is 62.1 Å². The number of quaternary nitrogens is 1. The number of likely N-dealkylation sites (tertiary alicyclic amines) is 1. The van der Waals surface area contributed by atoms with Crippen LogP contribution >= 0.6 is 0 Å². The SMILES string of the molecule is Cc1ccc(S(=O)(=O)N2CC[NH+](CC(=O)N3CCC[C@H]4CCCC[C@@H]43)CC2)cc1. The molecule has 0 bridgehead atoms. The number of carbonyl (C=O) groups is 1. The molecule has 2 atom stereocenters. The molecule has 0 unspecified atom stereocenters. The lowest BCUT2D eigenvalue weighted by atomic mass is 9.78. The highest BCUT2D eigenvalue weighted by molar-refractivity contribution is 7.89. The first kappa shape index (κ1) is 20.8. The molecule has 0 aromatic heterocycles. The van der Waals surface area contributed by atoms with Gasteiger partial charge >= 0.3 is 0 Å². The van der Waals surface area contributed by atoms with Crippen molar-refractivity contribution in [3.63, 3.8) is 0 Å². The van der Waals surface area contributed by atoms with Crippen LogP contribution in [-0.4, -0.2) is 68.8 Å². The number of benzene rings is 1. The second kappa shape index (κ2) is 8.74. The van der Waals surface area contributed by atoms with E-state index in [4.69, 9.17) is 0 Å². The molecule has 1 N–H and O–H groups in total. The lowest BCUT2D eigenvalue weighted by Crippen LogP contribution is -3.15. The second-order valence-corrected chi connectivity index (χ2v) is 10.9. The third-order valence-corrected chi connectivity index (χ3v) is 8.97. The van der Waals surface area contributed by atoms with Crippen LogP contribution in [0.4, 0.5) is 0 Å². The van der Waals surface area contributed by atoms with E-state index in [2.05, 4.69) is 4.90 Å². The van der Waals surface area contributed by atoms with E-state index >= 15 is 0 Å². The maximum absolute atomic E-state index is 13.0. The van der Waals surface area contributed by atoms with Gasteiger partial charge in [0.05, 0.1) is 31.1 Å². The molecule has 2 aliphatic heterocycles. The van der Waals surface area contributed by atoms with Gasteiger partial charge in [-0.15, -0.1) is 0 Å². The van der Waals surface area contributed by atoms with Gasteiger partial charge < -0.3 is 9.80 Å². The molecule has 0 radical (unpaired) electrons. The van der Waals surface area contributed by atoms with Crippen molar-refractivity contribution in [2.45, 2.75) is 56.4 Å². The molecule has 3 fully saturated rings. The Balaban J connectivity index is 1.32. The number of hydrogen-bond acceptors (Lipinski definition) is 3. The van der Waals surface area contributed by atoms with Gasteiger partial charge in [0.25, 0.3) is 5.91 Å². The highest BCUT2D eigenvalue weighted by Crippen LogP contribution is 2.35. The Morgan fingerprint density at radius 2 is 1.66 bits per heavy atom. The zero-order valence-electron chi connectivity index (χ0n) is 17.5. The molecule has 1 aromatic rings. The number of nitrogens with zero attached hydrogens (tertiary/aromatic N) is 2. The summed E-state index contributed by atoms with van der Waals surface area (Å²) < 4.78 is 27.3. The first-order valence-corrected chi connectivity index (χ1v) is 12.6. The summed E-state index contributed by atoms with van der Waals surface area (Å²) in [6.45, 7) is 5.70. The Morgan fingerprint density at radius 1 is 1.00 bits per heavy atom. The van der Waals surface area contributed by atoms with Gasteiger partial charge in [-0.25, -0.2) is 8.42 Å². The van der Waals surface area contributed by atoms with Gasteiger partial charge in [0.1, 0.15) is 0 Å². The van der Waals surface area contributed by atoms with Crippen molar-refractivity contribution in [1.82, 2.24) is 9.21 Å². The van der Waals surface area contributed by atoms with Gasteiger partial charge in [0, 0.05) is 12.6 Å². The molecule has 6 nitrogen and oxygen atoms in total. The lowest BCUT2D eigenvalue weighted by molar-refractivity contribution is -0.896. The summed E-state index contributed by atoms with van der Waals surface area (Å²) in [6, 6.07) is 7.50. The fourth-order valence-corrected chi connectivity index (χ4v) is 6.77. The number of nitrogens with one attached hydrogen (secondary N) is 1. The van der Waals surface area contributed by atoms with Crippen LogP contribution in [0.2, 0.25) is 0 Å². The highest BCUT2D eigenvalue weighted by atomic mass is 32.2. The van der Waals surface area contributed by atoms with Gasteiger partial charge in [-0.2, -0.15) is 4.31 Å². The first-order chi connectivity index (χ1) is 13.9. The molecule has 160 valence electrons. The number of sulfonamides is 1. The zero-order valence-corrected chi connectivity index (χ0v) is 18.3. The van der Waals surface area contributed by atoms with Crippen molar-refractivity contribution in [3.8, 4) is 0 Å². The van der Waals surface area contributed by atoms with Crippen LogP contribution in [0.1, 0.15) is 44.1 Å². The quantitative estimate of drug-likeness (QED) is 0.793. The molecule has 1 saturated carbocycles. The summed E-state index contributed by atoms with van der Waals surface area (Å²) in [5, 5.41) is 0. The van der Waals surface area contributed by atoms with E-state index in [1.165, 1.54) is 30.6 Å². The normalized spacial score (nSPS) is 26.9. The van der Waals surface area contributed by atoms with E-state index in [0.717, 1.165) is 24.9 Å². The van der Waals surface area contributed by atoms with Crippen molar-refractivity contribution >= 4 is 15.9 Å². The van der Waals surface area contributed by atoms with Crippen LogP contribution in [0.5, 0.6) is 0 Å². The molecule has 2 saturated heterocycles. The summed E-state index contributed by atoms with van der Waals surface area (Å²) >= 11 is 0. The van der Waals surface area contributed by atoms with Crippen molar-refractivity contribution < 1.29 is 18.1 Å². The summed E-state index contributed by atoms with van der Waals surface area (Å²) in [5.41, 5.74) is 1.05. The lowest BCUT2D eigenvalue weighted by Gasteiger charge is -2.44. The third kappa shape index (κ3) is 4.52. The molecule has 1 amide bonds. The van der Waals surface area contributed by atoms with E-state index in [-0.39, 0.29) is 5.91 Å². The Kier molecular flexibility index (Phi) is 6.27. The van der Waals surface area contributed by atoms with E-state index in [1.807, 2.05) is 19.1 Å². The fraction of sp³-hybridized carbons (Fsp3) is 0.682. The number of amides is 1. The van der Waals surface area contributed by atoms with Crippen LogP contribution in [0.15, 0.2) is 29.2 Å². The maximum Gasteiger partial charge on any atom is 0.278 e. The minimum Gasteiger partial charge on any atom is -0.335 e. The number of rotatable bonds is 4. The maximum atomic E-state index is 13.0. The second-order valence-electron chi connectivity index (χ2n) is 8.99. The van der Waals surface area contributed by atoms with Crippen molar-refractivity contribution in [3.05, 3.63) is 29.8 Å². The van der Waals surface area contributed by atoms with Crippen molar-refractivity contribution in [2.75, 3.05) is 39.3 Å². The standard InChI is InChI=1S/C22H33N3O3S/c1-18-8-10-20(11-9-18)29(27,28)24-15-13-23(14-16-24)17-22(26)25-12-4-6-19-5-2-3-7-21(19)25/h8-11,19,21H,2-7,12-17H2,1H3/p+1/t19-,21+/m1/s1. The monoisotopic (exact) mass is 420 g/mol. The Hall–Kier alpha value is -1.44. The van der Waals surface area contributed by atoms with Crippen molar-refractivity contribution in [1.29, 1.82) is 0 Å². The molecule has 1 aliphatic carbocycles. The number of piperidine rings is 1. The van der Waals surface area contributed by atoms with Crippen LogP contribution in [0, 0.1) is 12.8 Å². The van der Waals surface area contributed by atoms with Gasteiger partial charge in [0.15, 0.2) is 6.54 Å². The zero-order chi connectivity index (χ0) is 20.4. The average Bonchev–Trinajstić information content (AvgIpc) is 2.74. The summed E-state index contributed by atoms with van der Waals surface area (Å²) in [4.78, 5) is 16.8. The smallest absolute Gasteiger partial charge is 0.278 e. The molecule has 3 aliphatic rings. The molecular weight excluding hydrogens is 386 g/mol. The van der Waals surface area contributed by atoms with E-state index in [9.17, 15) is 13.2 Å². The predicted molar refractivity (Wildman–Crippen MR) is 112 cm³/mol. The number of hydrogen-bond donors (Lipinski definition) is 1. The van der Waals surface area contributed by atoms with Gasteiger partial charge in [0.2, 0.25) is 10.0 Å². The highest BCUT2D eigenvalue weighted by Gasteiger charge is 2.37. The Labute approximate surface area is 174 Å². The summed E-state index contributed by atoms with van der Waals surface area (Å²) in [7, 11) is -3.44. The largest absolute Gasteiger partial charge is 0.335 e. The molecule has 1 aromatic carbocycles. The van der Waals surface area contributed by atoms with E-state index in [0.29, 0.717) is 49.6 Å². The molecule has 7 heteroatoms. The summed E-state index contributed by atoms with van der Waals surface area (Å²) in [5.74, 6) is 0.972. The summed E-state index contributed by atoms with van der Waals surface area (Å²) in [6.07, 6.45) is 7.39. The molecule has 2 heterocycles. The third-order valence-electron chi connectivity index (χ3n) is 7.05. The number of fused-ring (bicyclic) bond motifs is 1. The van der Waals surface area contributed by atoms with Gasteiger partial charge in [-0.3, -0.25) is 4.79 Å². The molecule has 29 heavy (non-hydrogen) atoms. The number of carbonyl (C=O) groups excluding carboxylic acids is 1. The van der Waals surface area contributed by atoms with Crippen LogP contribution in [-0.2, 0) is 14.8 Å². The average molecular weight is 421 g/mol. The minimum absolute atomic E-state index is 0.270. The Bertz CT molecular complexity index is 814. The van der Waals surface area contributed by atoms with Gasteiger partial charge in [-0.05, 0) is 50.7 Å². The Morgan fingerprint density at radius 3 is 2.38 bits per heavy atom. The molecule has 4 rings (SSSR count). The first-order valence-electron chi connectivity index (χ1n) is 11.1. The molecule has 0 spiro atoms. The fourth-order valence-electron chi connectivity index (χ4n) is 5.33. The van der Waals surface area contributed by atoms with E-state index in [1.54, 1.807) is 16.4 Å². The van der Waals surface area contributed by atoms with Crippen LogP contribution in [0.3, 0.4) is 0 Å². The number of piperazine rings is 1. The van der Waals surface area contributed by atoms with Crippen molar-refractivity contribution in [2.24, 2.45) is 5.92 Å². The number of aryl methyl sites for hydroxylation is 1. The van der Waals surface area contributed by atoms with Crippen LogP contribution < -0.4 is 4.90 Å².